The van der Waals surface area contributed by atoms with E-state index in [1.807, 2.05) is 0 Å². The lowest BCUT2D eigenvalue weighted by Gasteiger charge is -2.31. The molecule has 1 fully saturated rings. The first-order valence-corrected chi connectivity index (χ1v) is 23.8. The first-order chi connectivity index (χ1) is 34.2. The summed E-state index contributed by atoms with van der Waals surface area (Å²) < 4.78 is 0. The molecule has 7 atom stereocenters. The van der Waals surface area contributed by atoms with Gasteiger partial charge in [0.15, 0.2) is 5.96 Å². The number of guanidine groups is 1. The maximum absolute atomic E-state index is 14.5. The monoisotopic (exact) mass is 1000 g/mol. The number of carbonyl (C=O) groups excluding carboxylic acids is 7. The average Bonchev–Trinajstić information content (AvgIpc) is 4.04. The molecule has 1 aromatic heterocycles. The molecule has 72 heavy (non-hydrogen) atoms. The van der Waals surface area contributed by atoms with Gasteiger partial charge in [0.2, 0.25) is 41.4 Å². The molecule has 16 N–H and O–H groups in total. The third kappa shape index (κ3) is 17.3. The summed E-state index contributed by atoms with van der Waals surface area (Å²) in [7, 11) is 1.56. The smallest absolute Gasteiger partial charge is 0.326 e. The first kappa shape index (κ1) is 56.8. The molecule has 7 amide bonds. The zero-order valence-electron chi connectivity index (χ0n) is 41.3. The zero-order chi connectivity index (χ0) is 53.1. The number of nitrogen functional groups attached to an aromatic ring is 1. The number of aromatic amines is 1. The van der Waals surface area contributed by atoms with Crippen LogP contribution in [0.15, 0.2) is 66.0 Å². The number of H-pyrrole nitrogens is 1. The molecular formula is C48H70N14O10. The molecule has 0 radical (unpaired) electrons. The van der Waals surface area contributed by atoms with E-state index in [-0.39, 0.29) is 69.1 Å². The lowest BCUT2D eigenvalue weighted by atomic mass is 9.98. The maximum Gasteiger partial charge on any atom is 0.326 e. The van der Waals surface area contributed by atoms with E-state index in [1.165, 1.54) is 35.6 Å². The minimum atomic E-state index is -1.41. The van der Waals surface area contributed by atoms with E-state index in [0.717, 1.165) is 0 Å². The highest BCUT2D eigenvalue weighted by atomic mass is 16.4. The number of aliphatic imine (C=N–C) groups is 1. The number of benzene rings is 2. The minimum Gasteiger partial charge on any atom is -0.506 e. The van der Waals surface area contributed by atoms with Gasteiger partial charge >= 0.3 is 5.97 Å². The van der Waals surface area contributed by atoms with Crippen molar-refractivity contribution in [3.05, 3.63) is 77.9 Å². The Bertz CT molecular complexity index is 2360. The number of hydrogen-bond donors (Lipinski definition) is 13. The van der Waals surface area contributed by atoms with Crippen molar-refractivity contribution in [1.29, 1.82) is 0 Å². The van der Waals surface area contributed by atoms with E-state index in [9.17, 15) is 48.6 Å². The van der Waals surface area contributed by atoms with Crippen LogP contribution in [0.1, 0.15) is 70.2 Å². The molecular weight excluding hydrogens is 933 g/mol. The van der Waals surface area contributed by atoms with Crippen LogP contribution in [-0.2, 0) is 57.6 Å². The summed E-state index contributed by atoms with van der Waals surface area (Å²) in [5.41, 5.74) is 18.4. The van der Waals surface area contributed by atoms with Gasteiger partial charge < -0.3 is 74.5 Å². The lowest BCUT2D eigenvalue weighted by molar-refractivity contribution is -0.145. The van der Waals surface area contributed by atoms with E-state index in [0.29, 0.717) is 29.7 Å². The molecule has 2 aromatic carbocycles. The van der Waals surface area contributed by atoms with Crippen LogP contribution in [0.5, 0.6) is 5.75 Å². The van der Waals surface area contributed by atoms with Crippen LogP contribution in [0.25, 0.3) is 0 Å². The number of likely N-dealkylation sites (tertiary alicyclic amines) is 1. The molecule has 24 nitrogen and oxygen atoms in total. The fourth-order valence-corrected chi connectivity index (χ4v) is 8.09. The number of phenolic OH excluding ortho intramolecular Hbond substituents is 1. The summed E-state index contributed by atoms with van der Waals surface area (Å²) >= 11 is 0. The number of imidazole rings is 1. The Morgan fingerprint density at radius 3 is 1.97 bits per heavy atom. The van der Waals surface area contributed by atoms with Gasteiger partial charge in [-0.3, -0.25) is 38.6 Å². The van der Waals surface area contributed by atoms with Crippen LogP contribution >= 0.6 is 0 Å². The number of aliphatic carboxylic acids is 1. The number of carboxylic acids is 1. The van der Waals surface area contributed by atoms with E-state index >= 15 is 0 Å². The van der Waals surface area contributed by atoms with E-state index in [4.69, 9.17) is 17.2 Å². The Morgan fingerprint density at radius 2 is 1.40 bits per heavy atom. The number of carboxylic acid groups (broad SMARTS) is 1. The fraction of sp³-hybridized carbons (Fsp3) is 0.500. The third-order valence-electron chi connectivity index (χ3n) is 11.9. The molecule has 3 aromatic rings. The average molecular weight is 1000 g/mol. The first-order valence-electron chi connectivity index (χ1n) is 23.8. The number of rotatable bonds is 27. The second kappa shape index (κ2) is 27.6. The van der Waals surface area contributed by atoms with Gasteiger partial charge in [0.1, 0.15) is 48.0 Å². The quantitative estimate of drug-likeness (QED) is 0.0133. The maximum atomic E-state index is 14.5. The Morgan fingerprint density at radius 1 is 0.778 bits per heavy atom. The Hall–Kier alpha value is -7.76. The van der Waals surface area contributed by atoms with Gasteiger partial charge in [0.05, 0.1) is 18.6 Å². The molecule has 0 saturated carbocycles. The van der Waals surface area contributed by atoms with Crippen molar-refractivity contribution >= 4 is 59.0 Å². The van der Waals surface area contributed by atoms with Crippen molar-refractivity contribution in [1.82, 2.24) is 52.1 Å². The van der Waals surface area contributed by atoms with E-state index < -0.39 is 101 Å². The van der Waals surface area contributed by atoms with Gasteiger partial charge in [0.25, 0.3) is 0 Å². The summed E-state index contributed by atoms with van der Waals surface area (Å²) in [6, 6.07) is 4.32. The lowest BCUT2D eigenvalue weighted by Crippen LogP contribution is -2.61. The molecule has 0 bridgehead atoms. The zero-order valence-corrected chi connectivity index (χ0v) is 41.3. The van der Waals surface area contributed by atoms with Crippen LogP contribution < -0.4 is 54.4 Å². The highest BCUT2D eigenvalue weighted by Crippen LogP contribution is 2.23. The van der Waals surface area contributed by atoms with Crippen molar-refractivity contribution in [2.75, 3.05) is 32.4 Å². The predicted molar refractivity (Wildman–Crippen MR) is 266 cm³/mol. The molecule has 4 rings (SSSR count). The van der Waals surface area contributed by atoms with Gasteiger partial charge in [-0.05, 0) is 67.8 Å². The van der Waals surface area contributed by atoms with Crippen molar-refractivity contribution in [2.24, 2.45) is 28.3 Å². The number of nitrogens with two attached hydrogens (primary N) is 3. The van der Waals surface area contributed by atoms with Gasteiger partial charge in [-0.15, -0.1) is 0 Å². The second-order valence-electron chi connectivity index (χ2n) is 18.3. The van der Waals surface area contributed by atoms with Crippen molar-refractivity contribution in [3.63, 3.8) is 0 Å². The molecule has 0 aliphatic carbocycles. The molecule has 24 heteroatoms. The number of phenols is 1. The number of carbonyl (C=O) groups is 8. The second-order valence-corrected chi connectivity index (χ2v) is 18.3. The molecule has 2 heterocycles. The number of aromatic nitrogens is 2. The van der Waals surface area contributed by atoms with Gasteiger partial charge in [0, 0.05) is 44.2 Å². The van der Waals surface area contributed by atoms with E-state index in [2.05, 4.69) is 52.2 Å². The number of amides is 7. The standard InChI is InChI=1S/C48H70N14O10/c1-26(2)39(60-41(65)32(56-38(64)24-52-5)13-9-17-54-48(50)51)44(68)57-33(21-29-15-16-37(63)31(49)19-29)42(66)61-40(27(3)4)45(69)58-34(22-30-23-53-25-55-30)46(70)62-18-10-14-36(62)43(67)59-35(47(71)72)20-28-11-7-6-8-12-28/h6-8,11-12,15-16,19,23,25-27,32-36,39-40,52,63H,9-10,13-14,17-18,20-22,24,49H2,1-5H3,(H,53,55)(H,56,64)(H,57,68)(H,58,69)(H,59,67)(H,60,65)(H,61,66)(H,71,72)(H4,50,51,54)/t32-,33-,34-,35-,36+,39-,40-/m0/s1. The molecule has 0 spiro atoms. The number of anilines is 1. The molecule has 392 valence electrons. The Labute approximate surface area is 417 Å². The summed E-state index contributed by atoms with van der Waals surface area (Å²) in [4.78, 5) is 122. The predicted octanol–water partition coefficient (Wildman–Crippen LogP) is -1.71. The van der Waals surface area contributed by atoms with Crippen LogP contribution in [-0.4, -0.2) is 147 Å². The number of hydrogen-bond acceptors (Lipinski definition) is 13. The number of nitrogens with one attached hydrogen (secondary N) is 8. The van der Waals surface area contributed by atoms with Gasteiger partial charge in [-0.25, -0.2) is 9.78 Å². The highest BCUT2D eigenvalue weighted by molar-refractivity contribution is 5.98. The van der Waals surface area contributed by atoms with Crippen LogP contribution in [0, 0.1) is 11.8 Å². The highest BCUT2D eigenvalue weighted by Gasteiger charge is 2.41. The Balaban J connectivity index is 1.58. The number of nitrogens with zero attached hydrogens (tertiary/aromatic N) is 3. The van der Waals surface area contributed by atoms with Crippen molar-refractivity contribution in [2.45, 2.75) is 115 Å². The Kier molecular flexibility index (Phi) is 21.8. The van der Waals surface area contributed by atoms with E-state index in [1.54, 1.807) is 65.1 Å². The SMILES string of the molecule is CNCC(=O)N[C@@H](CCCN=C(N)N)C(=O)N[C@H](C(=O)N[C@@H](Cc1ccc(O)c(N)c1)C(=O)N[C@H](C(=O)N[C@@H](Cc1cnc[nH]1)C(=O)N1CCC[C@@H]1C(=O)N[C@@H](Cc1ccccc1)C(=O)O)C(C)C)C(C)C. The normalized spacial score (nSPS) is 15.8. The van der Waals surface area contributed by atoms with Crippen LogP contribution in [0.3, 0.4) is 0 Å². The molecule has 1 aliphatic rings. The van der Waals surface area contributed by atoms with Gasteiger partial charge in [-0.2, -0.15) is 0 Å². The van der Waals surface area contributed by atoms with Crippen LogP contribution in [0.2, 0.25) is 0 Å². The van der Waals surface area contributed by atoms with Crippen molar-refractivity contribution < 1.29 is 48.6 Å². The summed E-state index contributed by atoms with van der Waals surface area (Å²) in [5, 5.41) is 39.0. The van der Waals surface area contributed by atoms with Crippen molar-refractivity contribution in [3.8, 4) is 5.75 Å². The number of likely N-dealkylation sites (N-methyl/N-ethyl adjacent to an activating group) is 1. The molecule has 0 unspecified atom stereocenters. The summed E-state index contributed by atoms with van der Waals surface area (Å²) in [6.45, 7) is 6.87. The largest absolute Gasteiger partial charge is 0.506 e. The summed E-state index contributed by atoms with van der Waals surface area (Å²) in [5.74, 6) is -7.61. The third-order valence-corrected chi connectivity index (χ3v) is 11.9. The minimum absolute atomic E-state index is 0.00414. The van der Waals surface area contributed by atoms with Crippen LogP contribution in [0.4, 0.5) is 5.69 Å². The molecule has 1 aliphatic heterocycles. The fourth-order valence-electron chi connectivity index (χ4n) is 8.09. The van der Waals surface area contributed by atoms with Gasteiger partial charge in [-0.1, -0.05) is 64.1 Å². The summed E-state index contributed by atoms with van der Waals surface area (Å²) in [6.07, 6.45) is 3.64. The number of aromatic hydroxyl groups is 1. The molecule has 1 saturated heterocycles. The topological polar surface area (TPSA) is 384 Å².